The summed E-state index contributed by atoms with van der Waals surface area (Å²) in [6.07, 6.45) is 3.12. The van der Waals surface area contributed by atoms with Crippen molar-refractivity contribution in [1.29, 1.82) is 0 Å². The van der Waals surface area contributed by atoms with Crippen LogP contribution in [-0.4, -0.2) is 112 Å². The van der Waals surface area contributed by atoms with Gasteiger partial charge in [-0.1, -0.05) is 11.6 Å². The number of piperidine rings is 1. The van der Waals surface area contributed by atoms with Gasteiger partial charge >= 0.3 is 5.97 Å². The highest BCUT2D eigenvalue weighted by atomic mass is 35.5. The van der Waals surface area contributed by atoms with Crippen molar-refractivity contribution < 1.29 is 61.5 Å². The van der Waals surface area contributed by atoms with Gasteiger partial charge in [-0.3, -0.25) is 39.2 Å². The van der Waals surface area contributed by atoms with Crippen molar-refractivity contribution in [2.45, 2.75) is 32.7 Å². The highest BCUT2D eigenvalue weighted by molar-refractivity contribution is 6.33. The zero-order chi connectivity index (χ0) is 45.2. The summed E-state index contributed by atoms with van der Waals surface area (Å²) in [5, 5.41) is 2.79. The van der Waals surface area contributed by atoms with Gasteiger partial charge in [0.15, 0.2) is 5.43 Å². The number of hydrogen-bond donors (Lipinski definition) is 1. The number of carbonyl (C=O) groups excluding carboxylic acids is 5. The van der Waals surface area contributed by atoms with Crippen LogP contribution in [0.15, 0.2) is 82.3 Å². The first-order valence-corrected chi connectivity index (χ1v) is 21.0. The Kier molecular flexibility index (Phi) is 15.0. The van der Waals surface area contributed by atoms with Gasteiger partial charge in [0, 0.05) is 47.6 Å². The van der Waals surface area contributed by atoms with Gasteiger partial charge in [0.25, 0.3) is 11.8 Å². The molecule has 2 aliphatic rings. The summed E-state index contributed by atoms with van der Waals surface area (Å²) < 4.78 is 45.4. The molecule has 1 fully saturated rings. The second-order valence-corrected chi connectivity index (χ2v) is 14.7. The molecule has 18 heteroatoms. The van der Waals surface area contributed by atoms with Crippen LogP contribution in [0.5, 0.6) is 17.2 Å². The molecule has 5 aromatic rings. The third-order valence-corrected chi connectivity index (χ3v) is 10.4. The summed E-state index contributed by atoms with van der Waals surface area (Å²) in [6.45, 7) is 6.39. The van der Waals surface area contributed by atoms with E-state index in [4.69, 9.17) is 49.2 Å². The summed E-state index contributed by atoms with van der Waals surface area (Å²) >= 11 is 6.64. The van der Waals surface area contributed by atoms with Crippen molar-refractivity contribution in [3.8, 4) is 39.7 Å². The molecule has 0 bridgehead atoms. The van der Waals surface area contributed by atoms with Crippen LogP contribution in [0.4, 0.5) is 0 Å². The zero-order valence-corrected chi connectivity index (χ0v) is 35.7. The van der Waals surface area contributed by atoms with Crippen LogP contribution in [0.1, 0.15) is 57.8 Å². The highest BCUT2D eigenvalue weighted by Crippen LogP contribution is 2.37. The molecule has 7 rings (SSSR count). The van der Waals surface area contributed by atoms with Gasteiger partial charge in [-0.05, 0) is 68.8 Å². The van der Waals surface area contributed by atoms with E-state index in [1.165, 1.54) is 24.4 Å². The SMILES string of the molecule is CCOC(=O)c1cncc(-c2cc3c(=O)cc(-c4ccc(OCCOCCOCCOCCOc5ccc6c(c5)C(=O)N(C5CCC(=O)NC5=O)C6=O)cc4Cl)oc3cc2OCC)c1. The number of nitrogens with one attached hydrogen (secondary N) is 1. The molecular formula is C46H44ClN3O14. The standard InChI is InChI=1S/C46H44ClN3O14/c1-3-60-39-24-41-35(22-33(39)27-19-28(26-48-25-27)46(56)61-4-2)38(51)23-40(64-41)32-8-6-30(21-36(32)47)63-18-16-59-14-12-57-11-13-58-15-17-62-29-5-7-31-34(20-29)45(55)50(44(31)54)37-9-10-42(52)49-43(37)53/h5-8,19-26,37H,3-4,9-18H2,1-2H3,(H,49,52,53). The lowest BCUT2D eigenvalue weighted by atomic mass is 10.0. The lowest BCUT2D eigenvalue weighted by Crippen LogP contribution is -2.54. The molecule has 2 aromatic heterocycles. The molecule has 0 aliphatic carbocycles. The molecule has 64 heavy (non-hydrogen) atoms. The monoisotopic (exact) mass is 897 g/mol. The van der Waals surface area contributed by atoms with Crippen molar-refractivity contribution in [2.75, 3.05) is 66.1 Å². The Morgan fingerprint density at radius 1 is 0.734 bits per heavy atom. The van der Waals surface area contributed by atoms with Crippen LogP contribution < -0.4 is 25.0 Å². The normalized spacial score (nSPS) is 14.7. The predicted octanol–water partition coefficient (Wildman–Crippen LogP) is 5.66. The molecule has 4 heterocycles. The lowest BCUT2D eigenvalue weighted by molar-refractivity contribution is -0.136. The number of aromatic nitrogens is 1. The van der Waals surface area contributed by atoms with Gasteiger partial charge in [0.05, 0.1) is 80.0 Å². The number of benzene rings is 3. The fourth-order valence-electron chi connectivity index (χ4n) is 7.03. The third-order valence-electron chi connectivity index (χ3n) is 10.0. The fraction of sp³-hybridized carbons (Fsp3) is 0.326. The van der Waals surface area contributed by atoms with Crippen molar-refractivity contribution in [3.05, 3.63) is 105 Å². The largest absolute Gasteiger partial charge is 0.493 e. The van der Waals surface area contributed by atoms with Crippen molar-refractivity contribution in [1.82, 2.24) is 15.2 Å². The maximum atomic E-state index is 13.4. The molecular weight excluding hydrogens is 854 g/mol. The molecule has 0 saturated carbocycles. The maximum Gasteiger partial charge on any atom is 0.339 e. The Balaban J connectivity index is 0.801. The molecule has 1 N–H and O–H groups in total. The predicted molar refractivity (Wildman–Crippen MR) is 230 cm³/mol. The molecule has 1 unspecified atom stereocenters. The summed E-state index contributed by atoms with van der Waals surface area (Å²) in [6, 6.07) is 14.8. The molecule has 1 saturated heterocycles. The number of imide groups is 2. The second kappa shape index (κ2) is 21.1. The molecule has 4 amide bonds. The van der Waals surface area contributed by atoms with Gasteiger partial charge in [0.2, 0.25) is 11.8 Å². The first kappa shape index (κ1) is 45.4. The smallest absolute Gasteiger partial charge is 0.339 e. The van der Waals surface area contributed by atoms with Gasteiger partial charge < -0.3 is 37.6 Å². The maximum absolute atomic E-state index is 13.4. The Hall–Kier alpha value is -6.66. The first-order valence-electron chi connectivity index (χ1n) is 20.6. The number of nitrogens with zero attached hydrogens (tertiary/aromatic N) is 2. The minimum absolute atomic E-state index is 0.0439. The Bertz CT molecular complexity index is 2630. The van der Waals surface area contributed by atoms with E-state index in [9.17, 15) is 28.8 Å². The van der Waals surface area contributed by atoms with E-state index in [2.05, 4.69) is 10.3 Å². The summed E-state index contributed by atoms with van der Waals surface area (Å²) in [5.74, 6) is -1.24. The molecule has 334 valence electrons. The Morgan fingerprint density at radius 3 is 2.05 bits per heavy atom. The Morgan fingerprint density at radius 2 is 1.39 bits per heavy atom. The van der Waals surface area contributed by atoms with Gasteiger partial charge in [-0.2, -0.15) is 0 Å². The first-order chi connectivity index (χ1) is 31.1. The number of amides is 4. The Labute approximate surface area is 371 Å². The van der Waals surface area contributed by atoms with E-state index in [1.807, 2.05) is 6.92 Å². The number of rotatable bonds is 21. The topological polar surface area (TPSA) is 208 Å². The number of ether oxygens (including phenoxy) is 7. The molecule has 0 radical (unpaired) electrons. The van der Waals surface area contributed by atoms with E-state index >= 15 is 0 Å². The molecule has 0 spiro atoms. The highest BCUT2D eigenvalue weighted by Gasteiger charge is 2.44. The van der Waals surface area contributed by atoms with E-state index in [0.29, 0.717) is 84.0 Å². The molecule has 1 atom stereocenters. The van der Waals surface area contributed by atoms with Crippen LogP contribution in [0.25, 0.3) is 33.4 Å². The minimum atomic E-state index is -1.04. The number of carbonyl (C=O) groups is 5. The fourth-order valence-corrected chi connectivity index (χ4v) is 7.30. The number of esters is 1. The quantitative estimate of drug-likeness (QED) is 0.0536. The molecule has 3 aromatic carbocycles. The van der Waals surface area contributed by atoms with Crippen molar-refractivity contribution in [2.24, 2.45) is 0 Å². The number of halogens is 1. The molecule has 17 nitrogen and oxygen atoms in total. The average Bonchev–Trinajstić information content (AvgIpc) is 3.52. The third kappa shape index (κ3) is 10.6. The number of pyridine rings is 1. The van der Waals surface area contributed by atoms with E-state index in [0.717, 1.165) is 4.90 Å². The number of fused-ring (bicyclic) bond motifs is 2. The number of hydrogen-bond acceptors (Lipinski definition) is 15. The van der Waals surface area contributed by atoms with E-state index in [1.54, 1.807) is 55.6 Å². The van der Waals surface area contributed by atoms with Gasteiger partial charge in [-0.25, -0.2) is 4.79 Å². The summed E-state index contributed by atoms with van der Waals surface area (Å²) in [7, 11) is 0. The molecule has 2 aliphatic heterocycles. The van der Waals surface area contributed by atoms with Crippen LogP contribution in [-0.2, 0) is 28.5 Å². The minimum Gasteiger partial charge on any atom is -0.493 e. The van der Waals surface area contributed by atoms with Crippen molar-refractivity contribution >= 4 is 52.2 Å². The summed E-state index contributed by atoms with van der Waals surface area (Å²) in [4.78, 5) is 80.5. The second-order valence-electron chi connectivity index (χ2n) is 14.3. The van der Waals surface area contributed by atoms with Gasteiger partial charge in [0.1, 0.15) is 47.8 Å². The van der Waals surface area contributed by atoms with E-state index < -0.39 is 35.6 Å². The average molecular weight is 898 g/mol. The van der Waals surface area contributed by atoms with Crippen LogP contribution in [0.3, 0.4) is 0 Å². The summed E-state index contributed by atoms with van der Waals surface area (Å²) in [5.41, 5.74) is 2.19. The zero-order valence-electron chi connectivity index (χ0n) is 35.0. The van der Waals surface area contributed by atoms with Crippen LogP contribution in [0.2, 0.25) is 5.02 Å². The van der Waals surface area contributed by atoms with Crippen LogP contribution in [0, 0.1) is 0 Å². The van der Waals surface area contributed by atoms with E-state index in [-0.39, 0.29) is 72.7 Å². The van der Waals surface area contributed by atoms with Crippen LogP contribution >= 0.6 is 11.6 Å². The van der Waals surface area contributed by atoms with Gasteiger partial charge in [-0.15, -0.1) is 0 Å². The van der Waals surface area contributed by atoms with Crippen molar-refractivity contribution in [3.63, 3.8) is 0 Å². The lowest BCUT2D eigenvalue weighted by Gasteiger charge is -2.27.